The SMILES string of the molecule is CC(C)NC(=O)c1ccc(/C=C/C(=O)CC(c2cccc(C(F)(F)F)c2)C(F)(F)F)cc1C(F)(F)F. The van der Waals surface area contributed by atoms with Crippen LogP contribution in [0.2, 0.25) is 0 Å². The number of halogens is 9. The van der Waals surface area contributed by atoms with Crippen LogP contribution in [0.4, 0.5) is 39.5 Å². The third kappa shape index (κ3) is 7.85. The number of nitrogens with one attached hydrogen (secondary N) is 1. The van der Waals surface area contributed by atoms with Crippen LogP contribution in [0.3, 0.4) is 0 Å². The number of rotatable bonds is 7. The van der Waals surface area contributed by atoms with E-state index < -0.39 is 70.9 Å². The van der Waals surface area contributed by atoms with E-state index in [1.807, 2.05) is 0 Å². The standard InChI is InChI=1S/C24H20F9NO2/c1-13(2)34-21(36)18-9-7-14(10-20(18)24(31,32)33)6-8-17(35)12-19(23(28,29)30)15-4-3-5-16(11-15)22(25,26)27/h3-11,13,19H,12H2,1-2H3,(H,34,36)/b8-6+. The molecule has 12 heteroatoms. The Morgan fingerprint density at radius 2 is 1.53 bits per heavy atom. The number of amides is 1. The molecule has 0 saturated heterocycles. The number of hydrogen-bond acceptors (Lipinski definition) is 2. The maximum Gasteiger partial charge on any atom is 0.417 e. The second-order valence-corrected chi connectivity index (χ2v) is 8.15. The van der Waals surface area contributed by atoms with E-state index in [1.165, 1.54) is 0 Å². The number of hydrogen-bond donors (Lipinski definition) is 1. The largest absolute Gasteiger partial charge is 0.417 e. The minimum Gasteiger partial charge on any atom is -0.350 e. The number of carbonyl (C=O) groups excluding carboxylic acids is 2. The summed E-state index contributed by atoms with van der Waals surface area (Å²) < 4.78 is 120. The van der Waals surface area contributed by atoms with Gasteiger partial charge in [0.05, 0.1) is 22.6 Å². The third-order valence-electron chi connectivity index (χ3n) is 4.89. The highest BCUT2D eigenvalue weighted by atomic mass is 19.4. The van der Waals surface area contributed by atoms with Crippen LogP contribution in [0.25, 0.3) is 6.08 Å². The first-order valence-corrected chi connectivity index (χ1v) is 10.4. The molecule has 196 valence electrons. The van der Waals surface area contributed by atoms with Crippen LogP contribution in [0, 0.1) is 0 Å². The van der Waals surface area contributed by atoms with Crippen LogP contribution in [0.15, 0.2) is 48.5 Å². The summed E-state index contributed by atoms with van der Waals surface area (Å²) in [6, 6.07) is 4.53. The molecule has 0 aliphatic carbocycles. The van der Waals surface area contributed by atoms with Gasteiger partial charge in [-0.05, 0) is 49.2 Å². The Balaban J connectivity index is 2.32. The maximum absolute atomic E-state index is 13.5. The quantitative estimate of drug-likeness (QED) is 0.308. The van der Waals surface area contributed by atoms with Gasteiger partial charge in [-0.1, -0.05) is 30.3 Å². The van der Waals surface area contributed by atoms with Crippen molar-refractivity contribution in [1.82, 2.24) is 5.32 Å². The monoisotopic (exact) mass is 525 g/mol. The molecule has 0 aliphatic heterocycles. The fraction of sp³-hybridized carbons (Fsp3) is 0.333. The third-order valence-corrected chi connectivity index (χ3v) is 4.89. The van der Waals surface area contributed by atoms with Gasteiger partial charge in [-0.3, -0.25) is 9.59 Å². The molecule has 0 fully saturated rings. The summed E-state index contributed by atoms with van der Waals surface area (Å²) in [4.78, 5) is 24.3. The van der Waals surface area contributed by atoms with Crippen molar-refractivity contribution in [3.63, 3.8) is 0 Å². The second-order valence-electron chi connectivity index (χ2n) is 8.15. The van der Waals surface area contributed by atoms with Gasteiger partial charge in [0, 0.05) is 12.5 Å². The lowest BCUT2D eigenvalue weighted by atomic mass is 9.91. The van der Waals surface area contributed by atoms with Crippen molar-refractivity contribution in [2.24, 2.45) is 0 Å². The van der Waals surface area contributed by atoms with E-state index in [4.69, 9.17) is 0 Å². The lowest BCUT2D eigenvalue weighted by Gasteiger charge is -2.20. The molecule has 2 rings (SSSR count). The Hall–Kier alpha value is -3.31. The van der Waals surface area contributed by atoms with Crippen LogP contribution < -0.4 is 5.32 Å². The summed E-state index contributed by atoms with van der Waals surface area (Å²) in [6.45, 7) is 3.09. The van der Waals surface area contributed by atoms with Crippen molar-refractivity contribution in [3.05, 3.63) is 76.4 Å². The van der Waals surface area contributed by atoms with Crippen LogP contribution in [-0.2, 0) is 17.1 Å². The van der Waals surface area contributed by atoms with E-state index >= 15 is 0 Å². The predicted octanol–water partition coefficient (Wildman–Crippen LogP) is 7.18. The topological polar surface area (TPSA) is 46.2 Å². The average molecular weight is 525 g/mol. The van der Waals surface area contributed by atoms with Crippen molar-refractivity contribution < 1.29 is 49.1 Å². The zero-order valence-corrected chi connectivity index (χ0v) is 18.8. The fourth-order valence-electron chi connectivity index (χ4n) is 3.25. The van der Waals surface area contributed by atoms with Crippen LogP contribution in [0.1, 0.15) is 58.8 Å². The summed E-state index contributed by atoms with van der Waals surface area (Å²) in [5, 5.41) is 2.32. The highest BCUT2D eigenvalue weighted by molar-refractivity contribution is 5.97. The second kappa shape index (κ2) is 10.8. The minimum atomic E-state index is -5.07. The maximum atomic E-state index is 13.5. The van der Waals surface area contributed by atoms with E-state index in [1.54, 1.807) is 13.8 Å². The molecule has 3 nitrogen and oxygen atoms in total. The number of allylic oxidation sites excluding steroid dienone is 1. The van der Waals surface area contributed by atoms with Gasteiger partial charge < -0.3 is 5.32 Å². The Bertz CT molecular complexity index is 1130. The van der Waals surface area contributed by atoms with Gasteiger partial charge in [-0.2, -0.15) is 39.5 Å². The molecule has 0 radical (unpaired) electrons. The van der Waals surface area contributed by atoms with E-state index in [0.29, 0.717) is 24.3 Å². The van der Waals surface area contributed by atoms with Gasteiger partial charge in [0.15, 0.2) is 5.78 Å². The Kier molecular flexibility index (Phi) is 8.64. The van der Waals surface area contributed by atoms with Crippen molar-refractivity contribution >= 4 is 17.8 Å². The van der Waals surface area contributed by atoms with E-state index in [0.717, 1.165) is 30.3 Å². The normalized spacial score (nSPS) is 13.8. The first-order chi connectivity index (χ1) is 16.4. The van der Waals surface area contributed by atoms with Gasteiger partial charge >= 0.3 is 18.5 Å². The number of carbonyl (C=O) groups is 2. The Morgan fingerprint density at radius 1 is 0.889 bits per heavy atom. The summed E-state index contributed by atoms with van der Waals surface area (Å²) >= 11 is 0. The van der Waals surface area contributed by atoms with Gasteiger partial charge in [-0.25, -0.2) is 0 Å². The molecule has 1 atom stereocenters. The molecule has 0 spiro atoms. The molecule has 0 aliphatic rings. The van der Waals surface area contributed by atoms with Crippen molar-refractivity contribution in [2.75, 3.05) is 0 Å². The zero-order chi connectivity index (χ0) is 27.5. The molecule has 1 unspecified atom stereocenters. The molecule has 0 saturated carbocycles. The van der Waals surface area contributed by atoms with Gasteiger partial charge in [-0.15, -0.1) is 0 Å². The van der Waals surface area contributed by atoms with E-state index in [9.17, 15) is 49.1 Å². The lowest BCUT2D eigenvalue weighted by molar-refractivity contribution is -0.156. The molecule has 1 amide bonds. The molecule has 0 heterocycles. The molecule has 1 N–H and O–H groups in total. The van der Waals surface area contributed by atoms with E-state index in [-0.39, 0.29) is 5.56 Å². The number of ketones is 1. The predicted molar refractivity (Wildman–Crippen MR) is 113 cm³/mol. The Labute approximate surface area is 200 Å². The molecule has 0 bridgehead atoms. The molecule has 36 heavy (non-hydrogen) atoms. The van der Waals surface area contributed by atoms with Crippen molar-refractivity contribution in [2.45, 2.75) is 50.8 Å². The highest BCUT2D eigenvalue weighted by Gasteiger charge is 2.42. The number of benzene rings is 2. The zero-order valence-electron chi connectivity index (χ0n) is 18.8. The Morgan fingerprint density at radius 3 is 2.06 bits per heavy atom. The molecule has 0 aromatic heterocycles. The highest BCUT2D eigenvalue weighted by Crippen LogP contribution is 2.40. The van der Waals surface area contributed by atoms with E-state index in [2.05, 4.69) is 5.32 Å². The summed E-state index contributed by atoms with van der Waals surface area (Å²) in [6.07, 6.45) is -14.7. The molecule has 2 aromatic rings. The molecular formula is C24H20F9NO2. The van der Waals surface area contributed by atoms with Gasteiger partial charge in [0.2, 0.25) is 0 Å². The van der Waals surface area contributed by atoms with Crippen LogP contribution >= 0.6 is 0 Å². The molecular weight excluding hydrogens is 505 g/mol. The first-order valence-electron chi connectivity index (χ1n) is 10.4. The summed E-state index contributed by atoms with van der Waals surface area (Å²) in [7, 11) is 0. The lowest BCUT2D eigenvalue weighted by Crippen LogP contribution is -2.31. The van der Waals surface area contributed by atoms with Crippen molar-refractivity contribution in [3.8, 4) is 0 Å². The van der Waals surface area contributed by atoms with Crippen molar-refractivity contribution in [1.29, 1.82) is 0 Å². The minimum absolute atomic E-state index is 0.223. The number of alkyl halides is 9. The average Bonchev–Trinajstić information content (AvgIpc) is 2.73. The summed E-state index contributed by atoms with van der Waals surface area (Å²) in [5.74, 6) is -4.73. The van der Waals surface area contributed by atoms with Crippen LogP contribution in [-0.4, -0.2) is 23.9 Å². The first kappa shape index (κ1) is 28.9. The van der Waals surface area contributed by atoms with Gasteiger partial charge in [0.1, 0.15) is 0 Å². The summed E-state index contributed by atoms with van der Waals surface area (Å²) in [5.41, 5.74) is -4.31. The fourth-order valence-corrected chi connectivity index (χ4v) is 3.25. The van der Waals surface area contributed by atoms with Crippen LogP contribution in [0.5, 0.6) is 0 Å². The molecule has 2 aromatic carbocycles. The smallest absolute Gasteiger partial charge is 0.350 e. The van der Waals surface area contributed by atoms with Gasteiger partial charge in [0.25, 0.3) is 5.91 Å².